The van der Waals surface area contributed by atoms with Crippen molar-refractivity contribution >= 4 is 0 Å². The van der Waals surface area contributed by atoms with E-state index in [1.165, 1.54) is 14.2 Å². The number of rotatable bonds is 3. The van der Waals surface area contributed by atoms with Gasteiger partial charge in [0.2, 0.25) is 0 Å². The maximum absolute atomic E-state index is 13.7. The van der Waals surface area contributed by atoms with Crippen molar-refractivity contribution in [2.24, 2.45) is 0 Å². The summed E-state index contributed by atoms with van der Waals surface area (Å²) >= 11 is 0. The van der Waals surface area contributed by atoms with Crippen LogP contribution in [0, 0.1) is 11.6 Å². The molecule has 0 saturated carbocycles. The second kappa shape index (κ2) is 5.52. The fourth-order valence-corrected chi connectivity index (χ4v) is 2.50. The van der Waals surface area contributed by atoms with E-state index in [1.807, 2.05) is 0 Å². The van der Waals surface area contributed by atoms with E-state index in [4.69, 9.17) is 9.47 Å². The van der Waals surface area contributed by atoms with Gasteiger partial charge in [-0.3, -0.25) is 0 Å². The molecule has 0 aliphatic carbocycles. The molecule has 1 saturated heterocycles. The fraction of sp³-hybridized carbons (Fsp3) is 0.538. The van der Waals surface area contributed by atoms with Gasteiger partial charge in [-0.25, -0.2) is 8.78 Å². The van der Waals surface area contributed by atoms with Crippen LogP contribution in [0.25, 0.3) is 0 Å². The van der Waals surface area contributed by atoms with Gasteiger partial charge in [0, 0.05) is 11.6 Å². The fourth-order valence-electron chi connectivity index (χ4n) is 2.50. The molecule has 18 heavy (non-hydrogen) atoms. The van der Waals surface area contributed by atoms with Crippen LogP contribution in [0.3, 0.4) is 0 Å². The van der Waals surface area contributed by atoms with Gasteiger partial charge in [0.05, 0.1) is 14.2 Å². The number of halogens is 2. The Morgan fingerprint density at radius 3 is 2.00 bits per heavy atom. The minimum atomic E-state index is -0.677. The number of methoxy groups -OCH3 is 2. The molecule has 0 unspecified atom stereocenters. The molecule has 0 aromatic heterocycles. The Morgan fingerprint density at radius 1 is 1.06 bits per heavy atom. The van der Waals surface area contributed by atoms with Crippen LogP contribution >= 0.6 is 0 Å². The third-order valence-corrected chi connectivity index (χ3v) is 3.33. The first-order valence-corrected chi connectivity index (χ1v) is 5.99. The van der Waals surface area contributed by atoms with Gasteiger partial charge in [0.15, 0.2) is 23.1 Å². The van der Waals surface area contributed by atoms with Gasteiger partial charge in [-0.1, -0.05) is 0 Å². The van der Waals surface area contributed by atoms with E-state index in [2.05, 4.69) is 5.32 Å². The number of ether oxygens (including phenoxy) is 2. The molecule has 5 heteroatoms. The lowest BCUT2D eigenvalue weighted by atomic mass is 9.88. The normalized spacial score (nSPS) is 16.7. The summed E-state index contributed by atoms with van der Waals surface area (Å²) in [5.74, 6) is -1.10. The lowest BCUT2D eigenvalue weighted by Gasteiger charge is -2.26. The van der Waals surface area contributed by atoms with E-state index in [1.54, 1.807) is 0 Å². The average molecular weight is 257 g/mol. The maximum Gasteiger partial charge on any atom is 0.168 e. The average Bonchev–Trinajstić information content (AvgIpc) is 2.39. The first kappa shape index (κ1) is 13.1. The maximum atomic E-state index is 13.7. The van der Waals surface area contributed by atoms with Crippen LogP contribution in [-0.2, 0) is 0 Å². The summed E-state index contributed by atoms with van der Waals surface area (Å²) in [5, 5.41) is 3.22. The molecule has 1 fully saturated rings. The zero-order valence-electron chi connectivity index (χ0n) is 10.6. The van der Waals surface area contributed by atoms with Gasteiger partial charge in [0.25, 0.3) is 0 Å². The van der Waals surface area contributed by atoms with E-state index < -0.39 is 11.6 Å². The molecule has 100 valence electrons. The molecule has 0 amide bonds. The summed E-state index contributed by atoms with van der Waals surface area (Å²) in [6.45, 7) is 1.66. The highest BCUT2D eigenvalue weighted by molar-refractivity contribution is 5.49. The molecule has 3 nitrogen and oxygen atoms in total. The Balaban J connectivity index is 2.52. The zero-order chi connectivity index (χ0) is 13.1. The predicted octanol–water partition coefficient (Wildman–Crippen LogP) is 2.45. The minimum absolute atomic E-state index is 0.0568. The summed E-state index contributed by atoms with van der Waals surface area (Å²) in [7, 11) is 2.78. The molecule has 1 aliphatic rings. The topological polar surface area (TPSA) is 30.5 Å². The van der Waals surface area contributed by atoms with Crippen LogP contribution in [0.15, 0.2) is 6.07 Å². The van der Waals surface area contributed by atoms with Gasteiger partial charge in [-0.05, 0) is 31.8 Å². The second-order valence-corrected chi connectivity index (χ2v) is 4.34. The molecule has 0 atom stereocenters. The molecule has 0 spiro atoms. The van der Waals surface area contributed by atoms with Crippen LogP contribution in [0.5, 0.6) is 11.5 Å². The monoisotopic (exact) mass is 257 g/mol. The van der Waals surface area contributed by atoms with E-state index in [-0.39, 0.29) is 17.4 Å². The lowest BCUT2D eigenvalue weighted by molar-refractivity contribution is 0.333. The van der Waals surface area contributed by atoms with Crippen molar-refractivity contribution in [3.05, 3.63) is 23.3 Å². The van der Waals surface area contributed by atoms with E-state index in [0.29, 0.717) is 5.56 Å². The Hall–Kier alpha value is -1.36. The second-order valence-electron chi connectivity index (χ2n) is 4.34. The number of benzene rings is 1. The van der Waals surface area contributed by atoms with Crippen LogP contribution in [0.4, 0.5) is 8.78 Å². The largest absolute Gasteiger partial charge is 0.493 e. The highest BCUT2D eigenvalue weighted by atomic mass is 19.1. The number of nitrogens with one attached hydrogen (secondary N) is 1. The molecule has 1 heterocycles. The molecule has 0 bridgehead atoms. The van der Waals surface area contributed by atoms with Gasteiger partial charge >= 0.3 is 0 Å². The van der Waals surface area contributed by atoms with Crippen LogP contribution in [0.2, 0.25) is 0 Å². The summed E-state index contributed by atoms with van der Waals surface area (Å²) in [6, 6.07) is 0.808. The third kappa shape index (κ3) is 2.27. The highest BCUT2D eigenvalue weighted by Crippen LogP contribution is 2.42. The zero-order valence-corrected chi connectivity index (χ0v) is 10.6. The Bertz CT molecular complexity index is 403. The van der Waals surface area contributed by atoms with Crippen molar-refractivity contribution in [2.75, 3.05) is 27.3 Å². The summed E-state index contributed by atoms with van der Waals surface area (Å²) < 4.78 is 37.7. The van der Waals surface area contributed by atoms with Crippen molar-refractivity contribution in [1.29, 1.82) is 0 Å². The smallest absolute Gasteiger partial charge is 0.168 e. The molecule has 1 aromatic rings. The first-order valence-electron chi connectivity index (χ1n) is 5.99. The number of piperidine rings is 1. The molecule has 1 N–H and O–H groups in total. The third-order valence-electron chi connectivity index (χ3n) is 3.33. The minimum Gasteiger partial charge on any atom is -0.493 e. The highest BCUT2D eigenvalue weighted by Gasteiger charge is 2.27. The quantitative estimate of drug-likeness (QED) is 0.902. The first-order chi connectivity index (χ1) is 8.69. The van der Waals surface area contributed by atoms with Gasteiger partial charge in [-0.15, -0.1) is 0 Å². The van der Waals surface area contributed by atoms with Gasteiger partial charge < -0.3 is 14.8 Å². The molecular weight excluding hydrogens is 240 g/mol. The van der Waals surface area contributed by atoms with Crippen molar-refractivity contribution in [2.45, 2.75) is 18.8 Å². The standard InChI is InChI=1S/C13H17F2NO2/c1-17-12-9(14)7-10(15)13(18-2)11(12)8-3-5-16-6-4-8/h7-8,16H,3-6H2,1-2H3. The summed E-state index contributed by atoms with van der Waals surface area (Å²) in [6.07, 6.45) is 1.63. The van der Waals surface area contributed by atoms with E-state index >= 15 is 0 Å². The molecule has 1 aromatic carbocycles. The molecule has 1 aliphatic heterocycles. The van der Waals surface area contributed by atoms with Gasteiger partial charge in [-0.2, -0.15) is 0 Å². The molecule has 2 rings (SSSR count). The van der Waals surface area contributed by atoms with E-state index in [0.717, 1.165) is 32.0 Å². The summed E-state index contributed by atoms with van der Waals surface area (Å²) in [4.78, 5) is 0. The van der Waals surface area contributed by atoms with E-state index in [9.17, 15) is 8.78 Å². The van der Waals surface area contributed by atoms with Gasteiger partial charge in [0.1, 0.15) is 0 Å². The molecular formula is C13H17F2NO2. The van der Waals surface area contributed by atoms with Crippen molar-refractivity contribution in [3.63, 3.8) is 0 Å². The van der Waals surface area contributed by atoms with Crippen molar-refractivity contribution < 1.29 is 18.3 Å². The summed E-state index contributed by atoms with van der Waals surface area (Å²) in [5.41, 5.74) is 0.513. The van der Waals surface area contributed by atoms with Crippen LogP contribution < -0.4 is 14.8 Å². The Morgan fingerprint density at radius 2 is 1.56 bits per heavy atom. The number of hydrogen-bond acceptors (Lipinski definition) is 3. The SMILES string of the molecule is COc1c(F)cc(F)c(OC)c1C1CCNCC1. The van der Waals surface area contributed by atoms with Crippen molar-refractivity contribution in [3.8, 4) is 11.5 Å². The number of hydrogen-bond donors (Lipinski definition) is 1. The molecule has 0 radical (unpaired) electrons. The van der Waals surface area contributed by atoms with Crippen LogP contribution in [0.1, 0.15) is 24.3 Å². The Kier molecular flexibility index (Phi) is 4.01. The van der Waals surface area contributed by atoms with Crippen molar-refractivity contribution in [1.82, 2.24) is 5.32 Å². The lowest BCUT2D eigenvalue weighted by Crippen LogP contribution is -2.27. The van der Waals surface area contributed by atoms with Crippen LogP contribution in [-0.4, -0.2) is 27.3 Å². The predicted molar refractivity (Wildman–Crippen MR) is 64.3 cm³/mol. The Labute approximate surface area is 105 Å².